The molecule has 0 aromatic carbocycles. The quantitative estimate of drug-likeness (QED) is 0.820. The lowest BCUT2D eigenvalue weighted by molar-refractivity contribution is 0.198. The standard InChI is InChI=1S/C9H12BrN3O/c1-6-11-4-8(10)9(12-6)13-3-2-7(14)5-13/h4,7,14H,2-3,5H2,1H3/t7-/m1/s1. The van der Waals surface area contributed by atoms with Gasteiger partial charge in [-0.15, -0.1) is 0 Å². The summed E-state index contributed by atoms with van der Waals surface area (Å²) in [6, 6.07) is 0. The number of hydrogen-bond donors (Lipinski definition) is 1. The minimum absolute atomic E-state index is 0.225. The lowest BCUT2D eigenvalue weighted by Gasteiger charge is -2.17. The molecule has 1 saturated heterocycles. The zero-order valence-corrected chi connectivity index (χ0v) is 9.53. The van der Waals surface area contributed by atoms with Gasteiger partial charge >= 0.3 is 0 Å². The summed E-state index contributed by atoms with van der Waals surface area (Å²) in [7, 11) is 0. The number of β-amino-alcohol motifs (C(OH)–C–C–N with tert-alkyl or cyclic N) is 1. The lowest BCUT2D eigenvalue weighted by atomic mass is 10.3. The Morgan fingerprint density at radius 2 is 2.43 bits per heavy atom. The Balaban J connectivity index is 2.27. The molecular formula is C9H12BrN3O. The second kappa shape index (κ2) is 3.82. The largest absolute Gasteiger partial charge is 0.391 e. The molecule has 1 aliphatic heterocycles. The molecule has 1 N–H and O–H groups in total. The van der Waals surface area contributed by atoms with E-state index in [1.54, 1.807) is 6.20 Å². The van der Waals surface area contributed by atoms with Crippen LogP contribution in [-0.4, -0.2) is 34.3 Å². The molecule has 0 spiro atoms. The van der Waals surface area contributed by atoms with Crippen LogP contribution in [-0.2, 0) is 0 Å². The molecule has 5 heteroatoms. The van der Waals surface area contributed by atoms with Gasteiger partial charge in [0.1, 0.15) is 11.6 Å². The summed E-state index contributed by atoms with van der Waals surface area (Å²) in [5.74, 6) is 1.64. The zero-order chi connectivity index (χ0) is 10.1. The molecule has 4 nitrogen and oxygen atoms in total. The van der Waals surface area contributed by atoms with Crippen LogP contribution in [0, 0.1) is 6.92 Å². The van der Waals surface area contributed by atoms with Crippen LogP contribution in [0.15, 0.2) is 10.7 Å². The van der Waals surface area contributed by atoms with E-state index in [4.69, 9.17) is 0 Å². The number of aryl methyl sites for hydroxylation is 1. The van der Waals surface area contributed by atoms with E-state index in [-0.39, 0.29) is 6.10 Å². The van der Waals surface area contributed by atoms with E-state index in [0.29, 0.717) is 6.54 Å². The van der Waals surface area contributed by atoms with Crippen molar-refractivity contribution in [1.29, 1.82) is 0 Å². The van der Waals surface area contributed by atoms with Gasteiger partial charge < -0.3 is 10.0 Å². The van der Waals surface area contributed by atoms with Crippen molar-refractivity contribution in [1.82, 2.24) is 9.97 Å². The summed E-state index contributed by atoms with van der Waals surface area (Å²) in [5, 5.41) is 9.42. The van der Waals surface area contributed by atoms with Gasteiger partial charge in [0, 0.05) is 19.3 Å². The van der Waals surface area contributed by atoms with Crippen LogP contribution < -0.4 is 4.90 Å². The predicted molar refractivity (Wildman–Crippen MR) is 57.3 cm³/mol. The van der Waals surface area contributed by atoms with E-state index < -0.39 is 0 Å². The van der Waals surface area contributed by atoms with Crippen molar-refractivity contribution >= 4 is 21.7 Å². The minimum atomic E-state index is -0.225. The summed E-state index contributed by atoms with van der Waals surface area (Å²) in [6.45, 7) is 3.38. The summed E-state index contributed by atoms with van der Waals surface area (Å²) in [4.78, 5) is 10.5. The predicted octanol–water partition coefficient (Wildman–Crippen LogP) is 1.12. The van der Waals surface area contributed by atoms with Crippen LogP contribution in [0.3, 0.4) is 0 Å². The smallest absolute Gasteiger partial charge is 0.146 e. The van der Waals surface area contributed by atoms with E-state index in [1.807, 2.05) is 6.92 Å². The highest BCUT2D eigenvalue weighted by Crippen LogP contribution is 2.26. The fourth-order valence-corrected chi connectivity index (χ4v) is 2.04. The maximum Gasteiger partial charge on any atom is 0.146 e. The monoisotopic (exact) mass is 257 g/mol. The fourth-order valence-electron chi connectivity index (χ4n) is 1.60. The molecule has 0 amide bonds. The first-order chi connectivity index (χ1) is 6.66. The molecule has 1 fully saturated rings. The topological polar surface area (TPSA) is 49.2 Å². The minimum Gasteiger partial charge on any atom is -0.391 e. The second-order valence-corrected chi connectivity index (χ2v) is 4.33. The molecular weight excluding hydrogens is 246 g/mol. The van der Waals surface area contributed by atoms with Crippen molar-refractivity contribution in [3.8, 4) is 0 Å². The Morgan fingerprint density at radius 1 is 1.64 bits per heavy atom. The third-order valence-electron chi connectivity index (χ3n) is 2.31. The fraction of sp³-hybridized carbons (Fsp3) is 0.556. The molecule has 1 aromatic rings. The first-order valence-electron chi connectivity index (χ1n) is 4.59. The van der Waals surface area contributed by atoms with Gasteiger partial charge in [0.05, 0.1) is 10.6 Å². The van der Waals surface area contributed by atoms with Gasteiger partial charge in [-0.2, -0.15) is 0 Å². The molecule has 1 atom stereocenters. The van der Waals surface area contributed by atoms with E-state index in [2.05, 4.69) is 30.8 Å². The molecule has 2 heterocycles. The molecule has 0 bridgehead atoms. The Labute approximate surface area is 91.1 Å². The van der Waals surface area contributed by atoms with Crippen molar-refractivity contribution < 1.29 is 5.11 Å². The summed E-state index contributed by atoms with van der Waals surface area (Å²) >= 11 is 3.41. The molecule has 1 aliphatic rings. The van der Waals surface area contributed by atoms with Crippen molar-refractivity contribution in [3.63, 3.8) is 0 Å². The number of nitrogens with zero attached hydrogens (tertiary/aromatic N) is 3. The summed E-state index contributed by atoms with van der Waals surface area (Å²) in [5.41, 5.74) is 0. The molecule has 2 rings (SSSR count). The highest BCUT2D eigenvalue weighted by atomic mass is 79.9. The van der Waals surface area contributed by atoms with E-state index >= 15 is 0 Å². The van der Waals surface area contributed by atoms with Crippen molar-refractivity contribution in [3.05, 3.63) is 16.5 Å². The van der Waals surface area contributed by atoms with Crippen molar-refractivity contribution in [2.24, 2.45) is 0 Å². The van der Waals surface area contributed by atoms with Gasteiger partial charge in [-0.3, -0.25) is 0 Å². The van der Waals surface area contributed by atoms with Crippen LogP contribution in [0.4, 0.5) is 5.82 Å². The molecule has 14 heavy (non-hydrogen) atoms. The van der Waals surface area contributed by atoms with E-state index in [9.17, 15) is 5.11 Å². The number of halogens is 1. The third kappa shape index (κ3) is 1.88. The molecule has 0 aliphatic carbocycles. The Morgan fingerprint density at radius 3 is 3.07 bits per heavy atom. The number of anilines is 1. The molecule has 76 valence electrons. The van der Waals surface area contributed by atoms with Crippen LogP contribution >= 0.6 is 15.9 Å². The second-order valence-electron chi connectivity index (χ2n) is 3.48. The van der Waals surface area contributed by atoms with Crippen LogP contribution in [0.25, 0.3) is 0 Å². The van der Waals surface area contributed by atoms with Crippen LogP contribution in [0.5, 0.6) is 0 Å². The number of aromatic nitrogens is 2. The third-order valence-corrected chi connectivity index (χ3v) is 2.87. The average molecular weight is 258 g/mol. The van der Waals surface area contributed by atoms with E-state index in [1.165, 1.54) is 0 Å². The normalized spacial score (nSPS) is 21.6. The van der Waals surface area contributed by atoms with E-state index in [0.717, 1.165) is 29.1 Å². The van der Waals surface area contributed by atoms with Gasteiger partial charge in [0.25, 0.3) is 0 Å². The SMILES string of the molecule is Cc1ncc(Br)c(N2CC[C@@H](O)C2)n1. The molecule has 1 aromatic heterocycles. The van der Waals surface area contributed by atoms with Crippen molar-refractivity contribution in [2.45, 2.75) is 19.4 Å². The Hall–Kier alpha value is -0.680. The van der Waals surface area contributed by atoms with Crippen molar-refractivity contribution in [2.75, 3.05) is 18.0 Å². The maximum absolute atomic E-state index is 9.42. The Bertz CT molecular complexity index is 345. The summed E-state index contributed by atoms with van der Waals surface area (Å²) in [6.07, 6.45) is 2.34. The average Bonchev–Trinajstić information content (AvgIpc) is 2.56. The van der Waals surface area contributed by atoms with Gasteiger partial charge in [-0.1, -0.05) is 0 Å². The molecule has 0 radical (unpaired) electrons. The molecule has 0 saturated carbocycles. The highest BCUT2D eigenvalue weighted by Gasteiger charge is 2.23. The van der Waals surface area contributed by atoms with Gasteiger partial charge in [-0.05, 0) is 29.3 Å². The number of hydrogen-bond acceptors (Lipinski definition) is 4. The molecule has 0 unspecified atom stereocenters. The zero-order valence-electron chi connectivity index (χ0n) is 7.94. The first kappa shape index (κ1) is 9.86. The number of aliphatic hydroxyl groups excluding tert-OH is 1. The van der Waals surface area contributed by atoms with Gasteiger partial charge in [-0.25, -0.2) is 9.97 Å². The first-order valence-corrected chi connectivity index (χ1v) is 5.38. The number of aliphatic hydroxyl groups is 1. The maximum atomic E-state index is 9.42. The van der Waals surface area contributed by atoms with Crippen LogP contribution in [0.2, 0.25) is 0 Å². The van der Waals surface area contributed by atoms with Crippen LogP contribution in [0.1, 0.15) is 12.2 Å². The Kier molecular flexibility index (Phi) is 2.69. The van der Waals surface area contributed by atoms with Gasteiger partial charge in [0.15, 0.2) is 0 Å². The number of rotatable bonds is 1. The highest BCUT2D eigenvalue weighted by molar-refractivity contribution is 9.10. The van der Waals surface area contributed by atoms with Gasteiger partial charge in [0.2, 0.25) is 0 Å². The summed E-state index contributed by atoms with van der Waals surface area (Å²) < 4.78 is 0.886. The lowest BCUT2D eigenvalue weighted by Crippen LogP contribution is -2.23.